The van der Waals surface area contributed by atoms with Crippen molar-refractivity contribution in [3.63, 3.8) is 0 Å². The summed E-state index contributed by atoms with van der Waals surface area (Å²) in [7, 11) is 0. The molecule has 1 aromatic heterocycles. The number of hydrogen-bond acceptors (Lipinski definition) is 1. The molecule has 2 nitrogen and oxygen atoms in total. The first-order chi connectivity index (χ1) is 9.78. The van der Waals surface area contributed by atoms with Crippen LogP contribution in [-0.2, 0) is 5.33 Å². The lowest BCUT2D eigenvalue weighted by Crippen LogP contribution is -1.95. The Labute approximate surface area is 131 Å². The Morgan fingerprint density at radius 1 is 1.05 bits per heavy atom. The van der Waals surface area contributed by atoms with Gasteiger partial charge in [0.1, 0.15) is 0 Å². The molecule has 100 valence electrons. The van der Waals surface area contributed by atoms with Crippen molar-refractivity contribution < 1.29 is 0 Å². The SMILES string of the molecule is Clc1cc(CBr)ccc1-n1cc(-c2ccccc2)cn1. The Morgan fingerprint density at radius 3 is 2.55 bits per heavy atom. The second kappa shape index (κ2) is 5.81. The van der Waals surface area contributed by atoms with Gasteiger partial charge in [0.2, 0.25) is 0 Å². The molecule has 0 fully saturated rings. The molecule has 0 aliphatic carbocycles. The van der Waals surface area contributed by atoms with E-state index in [1.54, 1.807) is 0 Å². The monoisotopic (exact) mass is 346 g/mol. The Hall–Kier alpha value is -1.58. The molecule has 0 unspecified atom stereocenters. The molecule has 4 heteroatoms. The van der Waals surface area contributed by atoms with Gasteiger partial charge in [-0.1, -0.05) is 63.9 Å². The van der Waals surface area contributed by atoms with Crippen LogP contribution < -0.4 is 0 Å². The topological polar surface area (TPSA) is 17.8 Å². The average Bonchev–Trinajstić information content (AvgIpc) is 2.97. The summed E-state index contributed by atoms with van der Waals surface area (Å²) >= 11 is 9.74. The molecule has 0 radical (unpaired) electrons. The van der Waals surface area contributed by atoms with E-state index >= 15 is 0 Å². The van der Waals surface area contributed by atoms with E-state index in [9.17, 15) is 0 Å². The maximum atomic E-state index is 6.32. The first-order valence-corrected chi connectivity index (χ1v) is 7.73. The lowest BCUT2D eigenvalue weighted by molar-refractivity contribution is 0.880. The zero-order chi connectivity index (χ0) is 13.9. The minimum atomic E-state index is 0.699. The van der Waals surface area contributed by atoms with Crippen molar-refractivity contribution >= 4 is 27.5 Å². The van der Waals surface area contributed by atoms with Crippen LogP contribution in [-0.4, -0.2) is 9.78 Å². The third-order valence-corrected chi connectivity index (χ3v) is 4.05. The Kier molecular flexibility index (Phi) is 3.90. The molecule has 0 spiro atoms. The smallest absolute Gasteiger partial charge is 0.0832 e. The van der Waals surface area contributed by atoms with Crippen molar-refractivity contribution in [1.29, 1.82) is 0 Å². The van der Waals surface area contributed by atoms with Crippen LogP contribution in [0.25, 0.3) is 16.8 Å². The third-order valence-electron chi connectivity index (χ3n) is 3.10. The quantitative estimate of drug-likeness (QED) is 0.604. The average molecular weight is 348 g/mol. The van der Waals surface area contributed by atoms with Crippen molar-refractivity contribution in [3.8, 4) is 16.8 Å². The fourth-order valence-corrected chi connectivity index (χ4v) is 2.69. The zero-order valence-electron chi connectivity index (χ0n) is 10.6. The van der Waals surface area contributed by atoms with Crippen molar-refractivity contribution in [2.24, 2.45) is 0 Å². The molecule has 0 N–H and O–H groups in total. The van der Waals surface area contributed by atoms with E-state index in [2.05, 4.69) is 33.2 Å². The molecular weight excluding hydrogens is 336 g/mol. The largest absolute Gasteiger partial charge is 0.239 e. The molecule has 0 amide bonds. The number of alkyl halides is 1. The number of nitrogens with zero attached hydrogens (tertiary/aromatic N) is 2. The van der Waals surface area contributed by atoms with E-state index in [-0.39, 0.29) is 0 Å². The highest BCUT2D eigenvalue weighted by Crippen LogP contribution is 2.25. The van der Waals surface area contributed by atoms with Crippen LogP contribution in [0.4, 0.5) is 0 Å². The summed E-state index contributed by atoms with van der Waals surface area (Å²) in [6.45, 7) is 0. The third kappa shape index (κ3) is 2.65. The van der Waals surface area contributed by atoms with Crippen molar-refractivity contribution in [3.05, 3.63) is 71.5 Å². The first-order valence-electron chi connectivity index (χ1n) is 6.23. The second-order valence-electron chi connectivity index (χ2n) is 4.46. The van der Waals surface area contributed by atoms with Gasteiger partial charge in [-0.3, -0.25) is 0 Å². The number of benzene rings is 2. The van der Waals surface area contributed by atoms with Crippen LogP contribution in [0.3, 0.4) is 0 Å². The van der Waals surface area contributed by atoms with Gasteiger partial charge >= 0.3 is 0 Å². The van der Waals surface area contributed by atoms with E-state index in [1.807, 2.05) is 53.5 Å². The lowest BCUT2D eigenvalue weighted by Gasteiger charge is -2.05. The standard InChI is InChI=1S/C16H12BrClN2/c17-9-12-6-7-16(15(18)8-12)20-11-14(10-19-20)13-4-2-1-3-5-13/h1-8,10-11H,9H2. The van der Waals surface area contributed by atoms with E-state index < -0.39 is 0 Å². The first kappa shape index (κ1) is 13.4. The Balaban J connectivity index is 1.98. The van der Waals surface area contributed by atoms with Crippen molar-refractivity contribution in [2.45, 2.75) is 5.33 Å². The molecule has 2 aromatic carbocycles. The Morgan fingerprint density at radius 2 is 1.85 bits per heavy atom. The predicted molar refractivity (Wildman–Crippen MR) is 86.6 cm³/mol. The summed E-state index contributed by atoms with van der Waals surface area (Å²) in [5.41, 5.74) is 4.26. The molecular formula is C16H12BrClN2. The van der Waals surface area contributed by atoms with Gasteiger partial charge in [-0.25, -0.2) is 4.68 Å². The van der Waals surface area contributed by atoms with E-state index in [4.69, 9.17) is 11.6 Å². The maximum Gasteiger partial charge on any atom is 0.0832 e. The van der Waals surface area contributed by atoms with E-state index in [0.717, 1.165) is 27.7 Å². The van der Waals surface area contributed by atoms with Crippen LogP contribution in [0.1, 0.15) is 5.56 Å². The molecule has 0 atom stereocenters. The predicted octanol–water partition coefficient (Wildman–Crippen LogP) is 5.09. The molecule has 20 heavy (non-hydrogen) atoms. The minimum Gasteiger partial charge on any atom is -0.239 e. The summed E-state index contributed by atoms with van der Waals surface area (Å²) in [6.07, 6.45) is 3.84. The van der Waals surface area contributed by atoms with Crippen molar-refractivity contribution in [2.75, 3.05) is 0 Å². The van der Waals surface area contributed by atoms with Crippen LogP contribution >= 0.6 is 27.5 Å². The van der Waals surface area contributed by atoms with Gasteiger partial charge in [0.15, 0.2) is 0 Å². The van der Waals surface area contributed by atoms with Gasteiger partial charge in [0.05, 0.1) is 16.9 Å². The summed E-state index contributed by atoms with van der Waals surface area (Å²) < 4.78 is 1.81. The second-order valence-corrected chi connectivity index (χ2v) is 5.43. The van der Waals surface area contributed by atoms with E-state index in [0.29, 0.717) is 5.02 Å². The number of hydrogen-bond donors (Lipinski definition) is 0. The maximum absolute atomic E-state index is 6.32. The van der Waals surface area contributed by atoms with Gasteiger partial charge in [0, 0.05) is 17.1 Å². The summed E-state index contributed by atoms with van der Waals surface area (Å²) in [5, 5.41) is 5.89. The Bertz CT molecular complexity index is 722. The molecule has 3 rings (SSSR count). The summed E-state index contributed by atoms with van der Waals surface area (Å²) in [4.78, 5) is 0. The minimum absolute atomic E-state index is 0.699. The van der Waals surface area contributed by atoms with Gasteiger partial charge in [-0.2, -0.15) is 5.10 Å². The molecule has 0 saturated heterocycles. The number of rotatable bonds is 3. The van der Waals surface area contributed by atoms with Gasteiger partial charge in [0.25, 0.3) is 0 Å². The highest BCUT2D eigenvalue weighted by molar-refractivity contribution is 9.08. The van der Waals surface area contributed by atoms with E-state index in [1.165, 1.54) is 0 Å². The van der Waals surface area contributed by atoms with Crippen LogP contribution in [0, 0.1) is 0 Å². The highest BCUT2D eigenvalue weighted by Gasteiger charge is 2.07. The van der Waals surface area contributed by atoms with Crippen molar-refractivity contribution in [1.82, 2.24) is 9.78 Å². The lowest BCUT2D eigenvalue weighted by atomic mass is 10.1. The highest BCUT2D eigenvalue weighted by atomic mass is 79.9. The van der Waals surface area contributed by atoms with Crippen LogP contribution in [0.15, 0.2) is 60.9 Å². The fourth-order valence-electron chi connectivity index (χ4n) is 2.05. The van der Waals surface area contributed by atoms with Crippen LogP contribution in [0.2, 0.25) is 5.02 Å². The molecule has 3 aromatic rings. The van der Waals surface area contributed by atoms with Gasteiger partial charge in [-0.15, -0.1) is 0 Å². The summed E-state index contributed by atoms with van der Waals surface area (Å²) in [5.74, 6) is 0. The van der Waals surface area contributed by atoms with Gasteiger partial charge in [-0.05, 0) is 23.3 Å². The molecule has 0 aliphatic heterocycles. The van der Waals surface area contributed by atoms with Gasteiger partial charge < -0.3 is 0 Å². The molecule has 0 bridgehead atoms. The number of aromatic nitrogens is 2. The number of halogens is 2. The fraction of sp³-hybridized carbons (Fsp3) is 0.0625. The molecule has 0 saturated carbocycles. The van der Waals surface area contributed by atoms with Crippen LogP contribution in [0.5, 0.6) is 0 Å². The zero-order valence-corrected chi connectivity index (χ0v) is 13.0. The summed E-state index contributed by atoms with van der Waals surface area (Å²) in [6, 6.07) is 16.2. The molecule has 1 heterocycles. The molecule has 0 aliphatic rings. The normalized spacial score (nSPS) is 10.7.